The molecule has 1 aromatic carbocycles. The minimum Gasteiger partial charge on any atom is -0.480 e. The number of carboxylic acids is 1. The first-order chi connectivity index (χ1) is 10.0. The number of para-hydroxylation sites is 1. The SMILES string of the molecule is Cc1cccc(F)c1NC(=O)N1CCCCCC1C(=O)O. The number of carbonyl (C=O) groups is 2. The Bertz CT molecular complexity index is 527. The number of rotatable bonds is 2. The van der Waals surface area contributed by atoms with E-state index in [1.165, 1.54) is 11.0 Å². The van der Waals surface area contributed by atoms with Crippen LogP contribution >= 0.6 is 0 Å². The van der Waals surface area contributed by atoms with Crippen LogP contribution in [0.4, 0.5) is 14.9 Å². The van der Waals surface area contributed by atoms with Gasteiger partial charge in [-0.25, -0.2) is 14.0 Å². The predicted molar refractivity (Wildman–Crippen MR) is 76.8 cm³/mol. The van der Waals surface area contributed by atoms with Crippen molar-refractivity contribution in [2.24, 2.45) is 0 Å². The highest BCUT2D eigenvalue weighted by atomic mass is 19.1. The van der Waals surface area contributed by atoms with E-state index < -0.39 is 23.9 Å². The van der Waals surface area contributed by atoms with Crippen molar-refractivity contribution in [1.82, 2.24) is 4.90 Å². The van der Waals surface area contributed by atoms with E-state index in [4.69, 9.17) is 0 Å². The number of nitrogens with zero attached hydrogens (tertiary/aromatic N) is 1. The van der Waals surface area contributed by atoms with Crippen molar-refractivity contribution in [2.45, 2.75) is 38.6 Å². The van der Waals surface area contributed by atoms with Crippen molar-refractivity contribution in [3.05, 3.63) is 29.6 Å². The van der Waals surface area contributed by atoms with E-state index in [0.717, 1.165) is 19.3 Å². The van der Waals surface area contributed by atoms with Gasteiger partial charge in [0.25, 0.3) is 0 Å². The first kappa shape index (κ1) is 15.3. The lowest BCUT2D eigenvalue weighted by Crippen LogP contribution is -2.46. The Morgan fingerprint density at radius 1 is 1.33 bits per heavy atom. The minimum atomic E-state index is -1.02. The Balaban J connectivity index is 2.19. The summed E-state index contributed by atoms with van der Waals surface area (Å²) in [5.74, 6) is -1.54. The number of aliphatic carboxylic acids is 1. The van der Waals surface area contributed by atoms with Crippen LogP contribution in [-0.2, 0) is 4.79 Å². The molecule has 1 heterocycles. The maximum Gasteiger partial charge on any atom is 0.326 e. The van der Waals surface area contributed by atoms with Crippen LogP contribution in [0.3, 0.4) is 0 Å². The Hall–Kier alpha value is -2.11. The van der Waals surface area contributed by atoms with Crippen molar-refractivity contribution in [3.8, 4) is 0 Å². The molecular formula is C15H19FN2O3. The Morgan fingerprint density at radius 2 is 2.10 bits per heavy atom. The molecule has 0 bridgehead atoms. The second kappa shape index (κ2) is 6.56. The highest BCUT2D eigenvalue weighted by Gasteiger charge is 2.31. The normalized spacial score (nSPS) is 19.0. The molecule has 114 valence electrons. The summed E-state index contributed by atoms with van der Waals surface area (Å²) in [6.07, 6.45) is 2.86. The smallest absolute Gasteiger partial charge is 0.326 e. The molecule has 5 nitrogen and oxygen atoms in total. The molecule has 21 heavy (non-hydrogen) atoms. The minimum absolute atomic E-state index is 0.107. The highest BCUT2D eigenvalue weighted by molar-refractivity contribution is 5.93. The molecule has 1 aliphatic heterocycles. The summed E-state index contributed by atoms with van der Waals surface area (Å²) < 4.78 is 13.8. The molecule has 0 radical (unpaired) electrons. The molecule has 1 aromatic rings. The number of hydrogen-bond donors (Lipinski definition) is 2. The zero-order valence-corrected chi connectivity index (χ0v) is 11.9. The van der Waals surface area contributed by atoms with Gasteiger partial charge < -0.3 is 15.3 Å². The first-order valence-electron chi connectivity index (χ1n) is 7.06. The molecule has 2 amide bonds. The summed E-state index contributed by atoms with van der Waals surface area (Å²) in [4.78, 5) is 24.9. The molecule has 0 aromatic heterocycles. The average Bonchev–Trinajstić information content (AvgIpc) is 2.68. The van der Waals surface area contributed by atoms with Crippen LogP contribution in [-0.4, -0.2) is 34.6 Å². The fourth-order valence-electron chi connectivity index (χ4n) is 2.58. The number of halogens is 1. The van der Waals surface area contributed by atoms with Crippen molar-refractivity contribution in [1.29, 1.82) is 0 Å². The number of amides is 2. The number of likely N-dealkylation sites (tertiary alicyclic amines) is 1. The van der Waals surface area contributed by atoms with Crippen LogP contribution in [0.25, 0.3) is 0 Å². The van der Waals surface area contributed by atoms with Gasteiger partial charge in [-0.05, 0) is 31.4 Å². The number of benzene rings is 1. The summed E-state index contributed by atoms with van der Waals surface area (Å²) in [7, 11) is 0. The van der Waals surface area contributed by atoms with E-state index in [9.17, 15) is 19.1 Å². The standard InChI is InChI=1S/C15H19FN2O3/c1-10-6-5-7-11(16)13(10)17-15(21)18-9-4-2-3-8-12(18)14(19)20/h5-7,12H,2-4,8-9H2,1H3,(H,17,21)(H,19,20). The molecule has 0 saturated carbocycles. The molecule has 1 aliphatic rings. The van der Waals surface area contributed by atoms with Crippen LogP contribution in [0, 0.1) is 12.7 Å². The zero-order chi connectivity index (χ0) is 15.4. The van der Waals surface area contributed by atoms with Crippen molar-refractivity contribution < 1.29 is 19.1 Å². The van der Waals surface area contributed by atoms with Crippen molar-refractivity contribution in [2.75, 3.05) is 11.9 Å². The van der Waals surface area contributed by atoms with Gasteiger partial charge in [0, 0.05) is 6.54 Å². The highest BCUT2D eigenvalue weighted by Crippen LogP contribution is 2.22. The summed E-state index contributed by atoms with van der Waals surface area (Å²) in [5.41, 5.74) is 0.709. The second-order valence-electron chi connectivity index (χ2n) is 5.26. The van der Waals surface area contributed by atoms with Crippen LogP contribution < -0.4 is 5.32 Å². The fraction of sp³-hybridized carbons (Fsp3) is 0.467. The number of urea groups is 1. The molecule has 1 fully saturated rings. The van der Waals surface area contributed by atoms with E-state index in [1.54, 1.807) is 19.1 Å². The van der Waals surface area contributed by atoms with E-state index in [1.807, 2.05) is 0 Å². The first-order valence-corrected chi connectivity index (χ1v) is 7.06. The molecule has 0 spiro atoms. The summed E-state index contributed by atoms with van der Waals surface area (Å²) in [6, 6.07) is 3.11. The zero-order valence-electron chi connectivity index (χ0n) is 11.9. The maximum atomic E-state index is 13.8. The third-order valence-electron chi connectivity index (χ3n) is 3.75. The van der Waals surface area contributed by atoms with Crippen molar-refractivity contribution in [3.63, 3.8) is 0 Å². The van der Waals surface area contributed by atoms with Gasteiger partial charge in [-0.1, -0.05) is 25.0 Å². The third kappa shape index (κ3) is 3.51. The quantitative estimate of drug-likeness (QED) is 0.881. The molecular weight excluding hydrogens is 275 g/mol. The largest absolute Gasteiger partial charge is 0.480 e. The van der Waals surface area contributed by atoms with Gasteiger partial charge in [-0.2, -0.15) is 0 Å². The molecule has 1 atom stereocenters. The van der Waals surface area contributed by atoms with Gasteiger partial charge in [0.05, 0.1) is 5.69 Å². The van der Waals surface area contributed by atoms with Crippen LogP contribution in [0.1, 0.15) is 31.2 Å². The number of aryl methyl sites for hydroxylation is 1. The summed E-state index contributed by atoms with van der Waals surface area (Å²) >= 11 is 0. The van der Waals surface area contributed by atoms with Gasteiger partial charge in [-0.15, -0.1) is 0 Å². The number of carboxylic acid groups (broad SMARTS) is 1. The number of hydrogen-bond acceptors (Lipinski definition) is 2. The fourth-order valence-corrected chi connectivity index (χ4v) is 2.58. The van der Waals surface area contributed by atoms with Crippen LogP contribution in [0.15, 0.2) is 18.2 Å². The van der Waals surface area contributed by atoms with Gasteiger partial charge >= 0.3 is 12.0 Å². The van der Waals surface area contributed by atoms with Crippen LogP contribution in [0.2, 0.25) is 0 Å². The summed E-state index contributed by atoms with van der Waals surface area (Å²) in [5, 5.41) is 11.8. The molecule has 2 N–H and O–H groups in total. The second-order valence-corrected chi connectivity index (χ2v) is 5.26. The topological polar surface area (TPSA) is 69.6 Å². The molecule has 0 aliphatic carbocycles. The monoisotopic (exact) mass is 294 g/mol. The van der Waals surface area contributed by atoms with Gasteiger partial charge in [0.2, 0.25) is 0 Å². The predicted octanol–water partition coefficient (Wildman–Crippen LogP) is 3.00. The van der Waals surface area contributed by atoms with Crippen molar-refractivity contribution >= 4 is 17.7 Å². The maximum absolute atomic E-state index is 13.8. The number of carbonyl (C=O) groups excluding carboxylic acids is 1. The molecule has 6 heteroatoms. The van der Waals surface area contributed by atoms with E-state index in [2.05, 4.69) is 5.32 Å². The number of nitrogens with one attached hydrogen (secondary N) is 1. The average molecular weight is 294 g/mol. The number of anilines is 1. The van der Waals surface area contributed by atoms with Gasteiger partial charge in [0.15, 0.2) is 0 Å². The Morgan fingerprint density at radius 3 is 2.76 bits per heavy atom. The molecule has 2 rings (SSSR count). The Labute approximate surface area is 122 Å². The van der Waals surface area contributed by atoms with E-state index >= 15 is 0 Å². The van der Waals surface area contributed by atoms with E-state index in [-0.39, 0.29) is 5.69 Å². The molecule has 1 saturated heterocycles. The lowest BCUT2D eigenvalue weighted by molar-refractivity contribution is -0.142. The van der Waals surface area contributed by atoms with Gasteiger partial charge in [0.1, 0.15) is 11.9 Å². The van der Waals surface area contributed by atoms with Crippen LogP contribution in [0.5, 0.6) is 0 Å². The lowest BCUT2D eigenvalue weighted by Gasteiger charge is -2.27. The summed E-state index contributed by atoms with van der Waals surface area (Å²) in [6.45, 7) is 2.06. The molecule has 1 unspecified atom stereocenters. The third-order valence-corrected chi connectivity index (χ3v) is 3.75. The van der Waals surface area contributed by atoms with E-state index in [0.29, 0.717) is 18.5 Å². The van der Waals surface area contributed by atoms with Gasteiger partial charge in [-0.3, -0.25) is 0 Å². The lowest BCUT2D eigenvalue weighted by atomic mass is 10.1. The Kier molecular flexibility index (Phi) is 4.77.